The second kappa shape index (κ2) is 4.96. The molecule has 0 aromatic heterocycles. The summed E-state index contributed by atoms with van der Waals surface area (Å²) in [4.78, 5) is 0. The molecule has 0 saturated heterocycles. The summed E-state index contributed by atoms with van der Waals surface area (Å²) < 4.78 is 2.39. The van der Waals surface area contributed by atoms with Crippen molar-refractivity contribution < 1.29 is 0 Å². The van der Waals surface area contributed by atoms with Gasteiger partial charge in [0.25, 0.3) is 0 Å². The highest BCUT2D eigenvalue weighted by Crippen LogP contribution is 1.92. The van der Waals surface area contributed by atoms with Crippen molar-refractivity contribution in [2.45, 2.75) is 13.8 Å². The van der Waals surface area contributed by atoms with Gasteiger partial charge >= 0.3 is 0 Å². The van der Waals surface area contributed by atoms with Crippen LogP contribution in [0.1, 0.15) is 13.8 Å². The summed E-state index contributed by atoms with van der Waals surface area (Å²) in [6.45, 7) is 7.56. The summed E-state index contributed by atoms with van der Waals surface area (Å²) in [6.07, 6.45) is 0. The molecule has 0 aliphatic carbocycles. The predicted octanol–water partition coefficient (Wildman–Crippen LogP) is -0.817. The van der Waals surface area contributed by atoms with Gasteiger partial charge in [-0.15, -0.1) is 0 Å². The molecule has 0 spiro atoms. The van der Waals surface area contributed by atoms with Gasteiger partial charge in [0.05, 0.1) is 10.4 Å². The number of hydrogen-bond donors (Lipinski definition) is 1. The molecule has 56 valence electrons. The fourth-order valence-electron chi connectivity index (χ4n) is 0.935. The maximum atomic E-state index is 5.39. The van der Waals surface area contributed by atoms with Gasteiger partial charge < -0.3 is 10.3 Å². The Kier molecular flexibility index (Phi) is 5.04. The number of nitrogens with zero attached hydrogens (tertiary/aromatic N) is 1. The minimum atomic E-state index is 0.786. The van der Waals surface area contributed by atoms with E-state index >= 15 is 0 Å². The van der Waals surface area contributed by atoms with Gasteiger partial charge in [0.15, 0.2) is 0 Å². The van der Waals surface area contributed by atoms with E-state index in [1.165, 1.54) is 6.54 Å². The minimum absolute atomic E-state index is 0.786. The van der Waals surface area contributed by atoms with E-state index in [1.54, 1.807) is 0 Å². The summed E-state index contributed by atoms with van der Waals surface area (Å²) in [6, 6.07) is 0. The van der Waals surface area contributed by atoms with Gasteiger partial charge in [-0.25, -0.2) is 0 Å². The Morgan fingerprint density at radius 2 is 2.11 bits per heavy atom. The first-order valence-electron chi connectivity index (χ1n) is 3.55. The van der Waals surface area contributed by atoms with Crippen molar-refractivity contribution in [3.63, 3.8) is 0 Å². The molecule has 0 heterocycles. The molecule has 0 rings (SSSR count). The van der Waals surface area contributed by atoms with Gasteiger partial charge in [0, 0.05) is 13.1 Å². The summed E-state index contributed by atoms with van der Waals surface area (Å²) in [5.74, 6) is 0.786. The lowest BCUT2D eigenvalue weighted by molar-refractivity contribution is 0.400. The van der Waals surface area contributed by atoms with Gasteiger partial charge in [-0.05, 0) is 12.5 Å². The molecule has 0 amide bonds. The fraction of sp³-hybridized carbons (Fsp3) is 1.00. The van der Waals surface area contributed by atoms with Gasteiger partial charge in [0.1, 0.15) is 0 Å². The van der Waals surface area contributed by atoms with Crippen LogP contribution in [0.25, 0.3) is 0 Å². The lowest BCUT2D eigenvalue weighted by Crippen LogP contribution is -2.30. The SMILES string of the molecule is CC(C)CN([SiH3])CCN. The van der Waals surface area contributed by atoms with E-state index in [2.05, 4.69) is 18.4 Å². The topological polar surface area (TPSA) is 29.3 Å². The quantitative estimate of drug-likeness (QED) is 0.525. The Balaban J connectivity index is 3.15. The molecule has 0 saturated carbocycles. The van der Waals surface area contributed by atoms with Crippen LogP contribution < -0.4 is 5.73 Å². The highest BCUT2D eigenvalue weighted by atomic mass is 28.2. The first-order chi connectivity index (χ1) is 4.16. The van der Waals surface area contributed by atoms with Gasteiger partial charge in [-0.1, -0.05) is 13.8 Å². The number of rotatable bonds is 4. The van der Waals surface area contributed by atoms with Crippen molar-refractivity contribution in [1.82, 2.24) is 4.57 Å². The highest BCUT2D eigenvalue weighted by molar-refractivity contribution is 6.04. The fourth-order valence-corrected chi connectivity index (χ4v) is 1.92. The molecule has 0 atom stereocenters. The largest absolute Gasteiger partial charge is 0.331 e. The molecule has 2 N–H and O–H groups in total. The van der Waals surface area contributed by atoms with Crippen molar-refractivity contribution in [2.24, 2.45) is 11.7 Å². The molecular weight excluding hydrogens is 128 g/mol. The Hall–Kier alpha value is 0.137. The van der Waals surface area contributed by atoms with Crippen LogP contribution in [0.4, 0.5) is 0 Å². The lowest BCUT2D eigenvalue weighted by atomic mass is 10.2. The van der Waals surface area contributed by atoms with Crippen LogP contribution in [0.3, 0.4) is 0 Å². The molecule has 0 unspecified atom stereocenters. The van der Waals surface area contributed by atoms with Crippen LogP contribution in [0.2, 0.25) is 0 Å². The summed E-state index contributed by atoms with van der Waals surface area (Å²) in [5, 5.41) is 0. The third-order valence-corrected chi connectivity index (χ3v) is 2.00. The van der Waals surface area contributed by atoms with E-state index in [-0.39, 0.29) is 0 Å². The molecule has 0 aliphatic rings. The molecule has 0 aliphatic heterocycles. The van der Waals surface area contributed by atoms with E-state index in [1.807, 2.05) is 0 Å². The molecule has 0 aromatic carbocycles. The van der Waals surface area contributed by atoms with Crippen molar-refractivity contribution in [1.29, 1.82) is 0 Å². The zero-order valence-electron chi connectivity index (χ0n) is 6.72. The van der Waals surface area contributed by atoms with Crippen LogP contribution in [0.5, 0.6) is 0 Å². The summed E-state index contributed by atoms with van der Waals surface area (Å²) in [7, 11) is 1.15. The van der Waals surface area contributed by atoms with E-state index in [0.717, 1.165) is 29.4 Å². The molecule has 3 heteroatoms. The van der Waals surface area contributed by atoms with Crippen molar-refractivity contribution >= 4 is 10.4 Å². The van der Waals surface area contributed by atoms with Crippen molar-refractivity contribution in [3.05, 3.63) is 0 Å². The second-order valence-electron chi connectivity index (χ2n) is 2.94. The first-order valence-corrected chi connectivity index (χ1v) is 4.45. The zero-order valence-corrected chi connectivity index (χ0v) is 8.72. The smallest absolute Gasteiger partial charge is 0.0785 e. The average Bonchev–Trinajstić information content (AvgIpc) is 1.63. The third-order valence-electron chi connectivity index (χ3n) is 1.19. The molecule has 0 fully saturated rings. The average molecular weight is 146 g/mol. The van der Waals surface area contributed by atoms with Gasteiger partial charge in [0.2, 0.25) is 0 Å². The third kappa shape index (κ3) is 6.02. The zero-order chi connectivity index (χ0) is 7.28. The monoisotopic (exact) mass is 146 g/mol. The minimum Gasteiger partial charge on any atom is -0.331 e. The maximum absolute atomic E-state index is 5.39. The molecule has 0 radical (unpaired) electrons. The Labute approximate surface area is 60.9 Å². The molecule has 2 nitrogen and oxygen atoms in total. The van der Waals surface area contributed by atoms with Crippen molar-refractivity contribution in [3.8, 4) is 0 Å². The van der Waals surface area contributed by atoms with Crippen LogP contribution >= 0.6 is 0 Å². The number of hydrogen-bond acceptors (Lipinski definition) is 2. The standard InChI is InChI=1S/C6H18N2Si/c1-6(2)5-8(9)4-3-7/h6H,3-5,7H2,1-2,9H3. The van der Waals surface area contributed by atoms with Crippen LogP contribution in [0, 0.1) is 5.92 Å². The van der Waals surface area contributed by atoms with Gasteiger partial charge in [-0.3, -0.25) is 0 Å². The first kappa shape index (κ1) is 9.14. The second-order valence-corrected chi connectivity index (χ2v) is 4.21. The Bertz CT molecular complexity index is 66.1. The molecular formula is C6H18N2Si. The van der Waals surface area contributed by atoms with Crippen LogP contribution in [-0.4, -0.2) is 34.6 Å². The normalized spacial score (nSPS) is 11.7. The van der Waals surface area contributed by atoms with Gasteiger partial charge in [-0.2, -0.15) is 0 Å². The molecule has 9 heavy (non-hydrogen) atoms. The van der Waals surface area contributed by atoms with E-state index in [0.29, 0.717) is 0 Å². The maximum Gasteiger partial charge on any atom is 0.0785 e. The van der Waals surface area contributed by atoms with E-state index in [9.17, 15) is 0 Å². The molecule has 0 bridgehead atoms. The van der Waals surface area contributed by atoms with E-state index in [4.69, 9.17) is 5.73 Å². The lowest BCUT2D eigenvalue weighted by Gasteiger charge is -2.17. The Morgan fingerprint density at radius 3 is 2.44 bits per heavy atom. The Morgan fingerprint density at radius 1 is 1.56 bits per heavy atom. The predicted molar refractivity (Wildman–Crippen MR) is 45.4 cm³/mol. The van der Waals surface area contributed by atoms with E-state index < -0.39 is 0 Å². The molecule has 0 aromatic rings. The highest BCUT2D eigenvalue weighted by Gasteiger charge is 1.97. The van der Waals surface area contributed by atoms with Crippen LogP contribution in [0.15, 0.2) is 0 Å². The number of nitrogens with two attached hydrogens (primary N) is 1. The van der Waals surface area contributed by atoms with Crippen LogP contribution in [-0.2, 0) is 0 Å². The summed E-state index contributed by atoms with van der Waals surface area (Å²) >= 11 is 0. The van der Waals surface area contributed by atoms with Crippen molar-refractivity contribution in [2.75, 3.05) is 19.6 Å². The summed E-state index contributed by atoms with van der Waals surface area (Å²) in [5.41, 5.74) is 5.39.